The van der Waals surface area contributed by atoms with Gasteiger partial charge in [-0.25, -0.2) is 9.97 Å². The summed E-state index contributed by atoms with van der Waals surface area (Å²) < 4.78 is 2.60. The van der Waals surface area contributed by atoms with Gasteiger partial charge in [0.25, 0.3) is 0 Å². The SMILES string of the molecule is CC1(C)c2cc(-c3cc(-c4cc(-c5ccccc5)cc(-c5cccc6c5sc5ccccc56)c4)nc(-c4ccccc4)n3)ccc2-c2cc3ccccc3cc21. The van der Waals surface area contributed by atoms with Crippen LogP contribution in [0.3, 0.4) is 0 Å². The Bertz CT molecular complexity index is 3160. The first-order chi connectivity index (χ1) is 27.5. The van der Waals surface area contributed by atoms with Crippen molar-refractivity contribution in [3.8, 4) is 67.3 Å². The van der Waals surface area contributed by atoms with E-state index in [1.54, 1.807) is 0 Å². The second-order valence-corrected chi connectivity index (χ2v) is 16.5. The minimum Gasteiger partial charge on any atom is -0.228 e. The molecule has 8 aromatic carbocycles. The maximum absolute atomic E-state index is 5.32. The molecule has 0 saturated heterocycles. The van der Waals surface area contributed by atoms with Gasteiger partial charge in [-0.15, -0.1) is 11.3 Å². The van der Waals surface area contributed by atoms with Gasteiger partial charge in [-0.05, 0) is 104 Å². The molecule has 0 fully saturated rings. The Morgan fingerprint density at radius 1 is 0.393 bits per heavy atom. The van der Waals surface area contributed by atoms with Crippen LogP contribution in [-0.2, 0) is 5.41 Å². The number of benzene rings is 8. The van der Waals surface area contributed by atoms with E-state index in [9.17, 15) is 0 Å². The number of fused-ring (bicyclic) bond motifs is 7. The third-order valence-electron chi connectivity index (χ3n) is 11.6. The van der Waals surface area contributed by atoms with Crippen LogP contribution >= 0.6 is 11.3 Å². The summed E-state index contributed by atoms with van der Waals surface area (Å²) >= 11 is 1.87. The molecule has 3 heteroatoms. The summed E-state index contributed by atoms with van der Waals surface area (Å²) in [6, 6.07) is 66.0. The molecule has 0 N–H and O–H groups in total. The average molecular weight is 733 g/mol. The van der Waals surface area contributed by atoms with E-state index < -0.39 is 0 Å². The lowest BCUT2D eigenvalue weighted by molar-refractivity contribution is 0.661. The molecule has 264 valence electrons. The fourth-order valence-corrected chi connectivity index (χ4v) is 9.98. The Labute approximate surface area is 330 Å². The predicted molar refractivity (Wildman–Crippen MR) is 237 cm³/mol. The standard InChI is InChI=1S/C53H36N2S/c1-53(2)46-31-37(24-25-42(46)45-29-35-18-9-10-19-36(35)30-47(45)53)48-32-49(55-52(54-48)34-16-7-4-8-17-34)40-27-38(33-14-5-3-6-15-33)26-39(28-40)41-21-13-22-44-43-20-11-12-23-50(43)56-51(41)44/h3-32H,1-2H3. The largest absolute Gasteiger partial charge is 0.228 e. The summed E-state index contributed by atoms with van der Waals surface area (Å²) in [5, 5.41) is 5.14. The highest BCUT2D eigenvalue weighted by atomic mass is 32.1. The number of nitrogens with zero attached hydrogens (tertiary/aromatic N) is 2. The lowest BCUT2D eigenvalue weighted by Gasteiger charge is -2.22. The smallest absolute Gasteiger partial charge is 0.160 e. The van der Waals surface area contributed by atoms with Crippen molar-refractivity contribution < 1.29 is 0 Å². The quantitative estimate of drug-likeness (QED) is 0.176. The zero-order valence-electron chi connectivity index (χ0n) is 31.1. The Hall–Kier alpha value is -6.68. The molecule has 10 aromatic rings. The lowest BCUT2D eigenvalue weighted by Crippen LogP contribution is -2.15. The summed E-state index contributed by atoms with van der Waals surface area (Å²) in [6.45, 7) is 4.70. The number of rotatable bonds is 5. The van der Waals surface area contributed by atoms with E-state index in [1.165, 1.54) is 69.9 Å². The molecule has 0 saturated carbocycles. The molecular weight excluding hydrogens is 697 g/mol. The molecule has 1 aliphatic rings. The second kappa shape index (κ2) is 12.7. The number of thiophene rings is 1. The first-order valence-corrected chi connectivity index (χ1v) is 20.0. The van der Waals surface area contributed by atoms with Gasteiger partial charge in [-0.1, -0.05) is 147 Å². The van der Waals surface area contributed by atoms with Crippen LogP contribution in [-0.4, -0.2) is 9.97 Å². The third kappa shape index (κ3) is 5.31. The lowest BCUT2D eigenvalue weighted by atomic mass is 9.81. The number of aromatic nitrogens is 2. The van der Waals surface area contributed by atoms with E-state index in [-0.39, 0.29) is 5.41 Å². The fourth-order valence-electron chi connectivity index (χ4n) is 8.74. The third-order valence-corrected chi connectivity index (χ3v) is 12.9. The number of hydrogen-bond donors (Lipinski definition) is 0. The molecule has 0 unspecified atom stereocenters. The molecule has 0 atom stereocenters. The topological polar surface area (TPSA) is 25.8 Å². The highest BCUT2D eigenvalue weighted by Crippen LogP contribution is 2.51. The van der Waals surface area contributed by atoms with Crippen molar-refractivity contribution in [3.63, 3.8) is 0 Å². The van der Waals surface area contributed by atoms with Gasteiger partial charge in [0.15, 0.2) is 5.82 Å². The molecule has 1 aliphatic carbocycles. The van der Waals surface area contributed by atoms with Crippen LogP contribution < -0.4 is 0 Å². The van der Waals surface area contributed by atoms with Crippen LogP contribution in [0.4, 0.5) is 0 Å². The van der Waals surface area contributed by atoms with Gasteiger partial charge in [0.05, 0.1) is 11.4 Å². The molecule has 0 spiro atoms. The minimum atomic E-state index is -0.157. The maximum Gasteiger partial charge on any atom is 0.160 e. The molecule has 2 aromatic heterocycles. The normalized spacial score (nSPS) is 13.0. The monoisotopic (exact) mass is 732 g/mol. The van der Waals surface area contributed by atoms with Crippen molar-refractivity contribution in [3.05, 3.63) is 193 Å². The van der Waals surface area contributed by atoms with E-state index in [0.717, 1.165) is 33.6 Å². The van der Waals surface area contributed by atoms with Gasteiger partial charge >= 0.3 is 0 Å². The minimum absolute atomic E-state index is 0.157. The molecule has 0 radical (unpaired) electrons. The van der Waals surface area contributed by atoms with Gasteiger partial charge in [-0.2, -0.15) is 0 Å². The van der Waals surface area contributed by atoms with Crippen molar-refractivity contribution in [2.24, 2.45) is 0 Å². The number of hydrogen-bond acceptors (Lipinski definition) is 3. The van der Waals surface area contributed by atoms with Crippen LogP contribution in [0.5, 0.6) is 0 Å². The van der Waals surface area contributed by atoms with Crippen LogP contribution in [0.2, 0.25) is 0 Å². The summed E-state index contributed by atoms with van der Waals surface area (Å²) in [7, 11) is 0. The Morgan fingerprint density at radius 3 is 1.82 bits per heavy atom. The molecule has 0 bridgehead atoms. The highest BCUT2D eigenvalue weighted by Gasteiger charge is 2.36. The molecule has 11 rings (SSSR count). The molecule has 2 heterocycles. The van der Waals surface area contributed by atoms with E-state index in [4.69, 9.17) is 9.97 Å². The Balaban J connectivity index is 1.11. The van der Waals surface area contributed by atoms with Crippen LogP contribution in [0, 0.1) is 0 Å². The van der Waals surface area contributed by atoms with Crippen molar-refractivity contribution in [2.75, 3.05) is 0 Å². The van der Waals surface area contributed by atoms with Gasteiger partial charge in [0.2, 0.25) is 0 Å². The van der Waals surface area contributed by atoms with Crippen molar-refractivity contribution in [1.29, 1.82) is 0 Å². The molecule has 0 aliphatic heterocycles. The Kier molecular flexibility index (Phi) is 7.42. The van der Waals surface area contributed by atoms with Crippen molar-refractivity contribution in [1.82, 2.24) is 9.97 Å². The highest BCUT2D eigenvalue weighted by molar-refractivity contribution is 7.26. The van der Waals surface area contributed by atoms with Crippen LogP contribution in [0.25, 0.3) is 98.2 Å². The van der Waals surface area contributed by atoms with Gasteiger partial charge < -0.3 is 0 Å². The van der Waals surface area contributed by atoms with Gasteiger partial charge in [0.1, 0.15) is 0 Å². The van der Waals surface area contributed by atoms with Crippen LogP contribution in [0.15, 0.2) is 182 Å². The van der Waals surface area contributed by atoms with E-state index in [0.29, 0.717) is 5.82 Å². The molecule has 0 amide bonds. The van der Waals surface area contributed by atoms with Crippen molar-refractivity contribution >= 4 is 42.3 Å². The summed E-state index contributed by atoms with van der Waals surface area (Å²) in [5.74, 6) is 0.714. The fraction of sp³-hybridized carbons (Fsp3) is 0.0566. The zero-order valence-corrected chi connectivity index (χ0v) is 31.9. The zero-order chi connectivity index (χ0) is 37.4. The van der Waals surface area contributed by atoms with Crippen LogP contribution in [0.1, 0.15) is 25.0 Å². The second-order valence-electron chi connectivity index (χ2n) is 15.4. The first kappa shape index (κ1) is 32.7. The Morgan fingerprint density at radius 2 is 1.02 bits per heavy atom. The molecule has 2 nitrogen and oxygen atoms in total. The van der Waals surface area contributed by atoms with Gasteiger partial charge in [-0.3, -0.25) is 0 Å². The molecular formula is C53H36N2S. The van der Waals surface area contributed by atoms with E-state index >= 15 is 0 Å². The predicted octanol–water partition coefficient (Wildman–Crippen LogP) is 14.6. The van der Waals surface area contributed by atoms with Gasteiger partial charge in [0, 0.05) is 42.3 Å². The van der Waals surface area contributed by atoms with E-state index in [1.807, 2.05) is 17.4 Å². The average Bonchev–Trinajstić information content (AvgIpc) is 3.74. The maximum atomic E-state index is 5.32. The van der Waals surface area contributed by atoms with Crippen molar-refractivity contribution in [2.45, 2.75) is 19.3 Å². The first-order valence-electron chi connectivity index (χ1n) is 19.2. The summed E-state index contributed by atoms with van der Waals surface area (Å²) in [4.78, 5) is 10.6. The van der Waals surface area contributed by atoms with E-state index in [2.05, 4.69) is 190 Å². The molecule has 56 heavy (non-hydrogen) atoms. The summed E-state index contributed by atoms with van der Waals surface area (Å²) in [6.07, 6.45) is 0. The summed E-state index contributed by atoms with van der Waals surface area (Å²) in [5.41, 5.74) is 14.8.